The molecule has 0 bridgehead atoms. The van der Waals surface area contributed by atoms with Crippen molar-refractivity contribution >= 4 is 41.9 Å². The number of nitrogens with zero attached hydrogens (tertiary/aromatic N) is 1. The number of halogens is 2. The van der Waals surface area contributed by atoms with E-state index < -0.39 is 19.5 Å². The molecule has 1 aromatic carbocycles. The van der Waals surface area contributed by atoms with Gasteiger partial charge in [0.2, 0.25) is 0 Å². The van der Waals surface area contributed by atoms with Crippen LogP contribution in [0.4, 0.5) is 5.69 Å². The Morgan fingerprint density at radius 3 is 2.82 bits per heavy atom. The second-order valence-electron chi connectivity index (χ2n) is 2.88. The molecule has 0 aliphatic heterocycles. The first-order valence-corrected chi connectivity index (χ1v) is 10.2. The first-order valence-electron chi connectivity index (χ1n) is 4.76. The van der Waals surface area contributed by atoms with Gasteiger partial charge in [-0.1, -0.05) is 0 Å². The second-order valence-corrected chi connectivity index (χ2v) is 8.60. The molecule has 0 fully saturated rings. The fourth-order valence-corrected chi connectivity index (χ4v) is 2.89. The van der Waals surface area contributed by atoms with Gasteiger partial charge in [-0.05, 0) is 0 Å². The third kappa shape index (κ3) is 5.53. The van der Waals surface area contributed by atoms with Crippen molar-refractivity contribution in [3.63, 3.8) is 0 Å². The van der Waals surface area contributed by atoms with Gasteiger partial charge in [0.05, 0.1) is 0 Å². The van der Waals surface area contributed by atoms with Crippen LogP contribution in [0.5, 0.6) is 0 Å². The summed E-state index contributed by atoms with van der Waals surface area (Å²) in [5.74, 6) is -0.465. The first kappa shape index (κ1) is 14.5. The maximum absolute atomic E-state index is 11.1. The second kappa shape index (κ2) is 7.70. The van der Waals surface area contributed by atoms with Gasteiger partial charge in [-0.3, -0.25) is 0 Å². The van der Waals surface area contributed by atoms with Crippen molar-refractivity contribution < 1.29 is 23.0 Å². The number of aliphatic imine (C=N–C) groups is 1. The van der Waals surface area contributed by atoms with E-state index in [0.29, 0.717) is 12.3 Å². The third-order valence-electron chi connectivity index (χ3n) is 1.72. The molecule has 0 aliphatic carbocycles. The zero-order valence-electron chi connectivity index (χ0n) is 9.04. The number of carbonyl (C=O) groups excluding carboxylic acids is 1. The van der Waals surface area contributed by atoms with Crippen LogP contribution in [0.25, 0.3) is 0 Å². The molecule has 0 aliphatic rings. The zero-order valence-corrected chi connectivity index (χ0v) is 12.3. The van der Waals surface area contributed by atoms with Gasteiger partial charge in [0.15, 0.2) is 0 Å². The van der Waals surface area contributed by atoms with Crippen LogP contribution >= 0.6 is 19.4 Å². The third-order valence-corrected chi connectivity index (χ3v) is 3.55. The Labute approximate surface area is 113 Å². The number of hydrogen-bond donors (Lipinski definition) is 0. The molecule has 0 radical (unpaired) electrons. The van der Waals surface area contributed by atoms with Gasteiger partial charge in [-0.15, -0.1) is 0 Å². The Kier molecular flexibility index (Phi) is 6.57. The van der Waals surface area contributed by atoms with Crippen LogP contribution in [0.2, 0.25) is 0 Å². The van der Waals surface area contributed by atoms with Gasteiger partial charge in [0.25, 0.3) is 0 Å². The van der Waals surface area contributed by atoms with Crippen LogP contribution in [-0.2, 0) is 23.0 Å². The van der Waals surface area contributed by atoms with Gasteiger partial charge < -0.3 is 0 Å². The molecular weight excluding hydrogens is 350 g/mol. The van der Waals surface area contributed by atoms with Gasteiger partial charge in [-0.25, -0.2) is 0 Å². The summed E-state index contributed by atoms with van der Waals surface area (Å²) in [4.78, 5) is 15.2. The number of hydrogen-bond acceptors (Lipinski definition) is 3. The molecule has 0 heterocycles. The van der Waals surface area contributed by atoms with E-state index in [1.54, 1.807) is 17.6 Å². The Morgan fingerprint density at radius 2 is 2.18 bits per heavy atom. The summed E-state index contributed by atoms with van der Waals surface area (Å²) in [7, 11) is 11.6. The van der Waals surface area contributed by atoms with E-state index in [0.717, 1.165) is 11.8 Å². The van der Waals surface area contributed by atoms with Gasteiger partial charge in [0.1, 0.15) is 0 Å². The number of ether oxygens (including phenoxy) is 1. The van der Waals surface area contributed by atoms with Crippen molar-refractivity contribution in [3.05, 3.63) is 29.8 Å². The fraction of sp³-hybridized carbons (Fsp3) is 0.182. The predicted octanol–water partition coefficient (Wildman–Crippen LogP) is 3.03. The van der Waals surface area contributed by atoms with Crippen molar-refractivity contribution in [2.45, 2.75) is 6.92 Å². The molecule has 6 heteroatoms. The number of rotatable bonds is 4. The van der Waals surface area contributed by atoms with Gasteiger partial charge >= 0.3 is 113 Å². The fourth-order valence-electron chi connectivity index (χ4n) is 1.08. The Balaban J connectivity index is 2.91. The molecule has 0 amide bonds. The van der Waals surface area contributed by atoms with Crippen molar-refractivity contribution in [1.82, 2.24) is 0 Å². The van der Waals surface area contributed by atoms with E-state index in [1.807, 2.05) is 18.2 Å². The molecule has 1 rings (SSSR count). The van der Waals surface area contributed by atoms with Crippen molar-refractivity contribution in [3.8, 4) is 0 Å². The molecule has 96 valence electrons. The summed E-state index contributed by atoms with van der Waals surface area (Å²) in [5.41, 5.74) is 1.48. The first-order chi connectivity index (χ1) is 8.13. The molecule has 0 spiro atoms. The number of para-hydroxylation sites is 1. The molecule has 0 unspecified atom stereocenters. The van der Waals surface area contributed by atoms with E-state index in [-0.39, 0.29) is 0 Å². The summed E-state index contributed by atoms with van der Waals surface area (Å²) in [5, 5.41) is 0. The van der Waals surface area contributed by atoms with Crippen LogP contribution in [0.15, 0.2) is 29.3 Å². The minimum atomic E-state index is -1.90. The quantitative estimate of drug-likeness (QED) is 0.470. The summed E-state index contributed by atoms with van der Waals surface area (Å²) >= 11 is -1.90. The Morgan fingerprint density at radius 1 is 1.47 bits per heavy atom. The minimum absolute atomic E-state index is 0.331. The standard InChI is InChI=1S/C11H11NO2.2ClH.Ru/c1-3-14-11(13)8-12-10-7-5-4-6-9(10)2;;;/h2,4-8H,3H2,1H3;2*1H;/p-2. The monoisotopic (exact) mass is 361 g/mol. The maximum atomic E-state index is 11.1. The number of carbonyl (C=O) groups is 1. The molecule has 0 aromatic heterocycles. The van der Waals surface area contributed by atoms with Crippen molar-refractivity contribution in [1.29, 1.82) is 0 Å². The average molecular weight is 361 g/mol. The van der Waals surface area contributed by atoms with Crippen LogP contribution < -0.4 is 0 Å². The van der Waals surface area contributed by atoms with Gasteiger partial charge in [0, 0.05) is 0 Å². The summed E-state index contributed by atoms with van der Waals surface area (Å²) in [6.07, 6.45) is 1.15. The Hall–Kier alpha value is -0.567. The summed E-state index contributed by atoms with van der Waals surface area (Å²) in [6.45, 7) is 2.07. The molecule has 17 heavy (non-hydrogen) atoms. The van der Waals surface area contributed by atoms with E-state index in [1.165, 1.54) is 0 Å². The van der Waals surface area contributed by atoms with E-state index in [9.17, 15) is 4.79 Å². The molecule has 0 atom stereocenters. The zero-order chi connectivity index (χ0) is 12.7. The topological polar surface area (TPSA) is 38.7 Å². The Bertz CT molecular complexity index is 457. The SMILES string of the molecule is CCOC(=O)C=Nc1ccccc1[CH]=[Ru-2]([Cl])[Cl]. The summed E-state index contributed by atoms with van der Waals surface area (Å²) in [6, 6.07) is 7.33. The predicted molar refractivity (Wildman–Crippen MR) is 68.1 cm³/mol. The van der Waals surface area contributed by atoms with Crippen molar-refractivity contribution in [2.24, 2.45) is 4.99 Å². The number of esters is 1. The van der Waals surface area contributed by atoms with Crippen molar-refractivity contribution in [2.75, 3.05) is 6.61 Å². The van der Waals surface area contributed by atoms with Gasteiger partial charge in [-0.2, -0.15) is 0 Å². The molecular formula is C11H11Cl2NO2Ru-2. The average Bonchev–Trinajstić information content (AvgIpc) is 2.27. The van der Waals surface area contributed by atoms with E-state index >= 15 is 0 Å². The number of benzene rings is 1. The molecule has 0 saturated heterocycles. The molecule has 1 aromatic rings. The summed E-state index contributed by atoms with van der Waals surface area (Å²) < 4.78 is 6.53. The van der Waals surface area contributed by atoms with E-state index in [2.05, 4.69) is 4.99 Å². The van der Waals surface area contributed by atoms with Crippen LogP contribution in [0.3, 0.4) is 0 Å². The van der Waals surface area contributed by atoms with Crippen LogP contribution in [0, 0.1) is 0 Å². The molecule has 0 saturated carbocycles. The van der Waals surface area contributed by atoms with Crippen LogP contribution in [-0.4, -0.2) is 23.4 Å². The normalized spacial score (nSPS) is 11.4. The van der Waals surface area contributed by atoms with E-state index in [4.69, 9.17) is 24.1 Å². The molecule has 3 nitrogen and oxygen atoms in total. The molecule has 0 N–H and O–H groups in total. The van der Waals surface area contributed by atoms with Crippen LogP contribution in [0.1, 0.15) is 12.5 Å².